The lowest BCUT2D eigenvalue weighted by molar-refractivity contribution is -0.129. The Hall–Kier alpha value is -2.05. The molecule has 1 aromatic heterocycles. The summed E-state index contributed by atoms with van der Waals surface area (Å²) in [6, 6.07) is 1.11. The van der Waals surface area contributed by atoms with Crippen LogP contribution in [0.2, 0.25) is 0 Å². The van der Waals surface area contributed by atoms with Gasteiger partial charge in [-0.3, -0.25) is 9.59 Å². The van der Waals surface area contributed by atoms with E-state index in [4.69, 9.17) is 0 Å². The van der Waals surface area contributed by atoms with Crippen LogP contribution in [0, 0.1) is 11.8 Å². The zero-order valence-electron chi connectivity index (χ0n) is 10.4. The van der Waals surface area contributed by atoms with Gasteiger partial charge in [0.15, 0.2) is 5.82 Å². The van der Waals surface area contributed by atoms with Crippen LogP contribution in [0.3, 0.4) is 0 Å². The van der Waals surface area contributed by atoms with Crippen LogP contribution in [0.25, 0.3) is 0 Å². The monoisotopic (exact) mass is 269 g/mol. The summed E-state index contributed by atoms with van der Waals surface area (Å²) in [6.07, 6.45) is 1.63. The number of carbonyl (C=O) groups is 2. The van der Waals surface area contributed by atoms with Crippen LogP contribution in [0.1, 0.15) is 16.8 Å². The molecule has 2 rings (SSSR count). The van der Waals surface area contributed by atoms with Gasteiger partial charge in [-0.25, -0.2) is 9.37 Å². The van der Waals surface area contributed by atoms with Crippen molar-refractivity contribution in [1.29, 1.82) is 0 Å². The zero-order valence-corrected chi connectivity index (χ0v) is 10.4. The summed E-state index contributed by atoms with van der Waals surface area (Å²) in [5.74, 6) is -3.51. The molecule has 1 aliphatic heterocycles. The van der Waals surface area contributed by atoms with E-state index in [9.17, 15) is 18.4 Å². The van der Waals surface area contributed by atoms with Gasteiger partial charge in [-0.15, -0.1) is 0 Å². The van der Waals surface area contributed by atoms with Gasteiger partial charge in [0.2, 0.25) is 11.9 Å². The summed E-state index contributed by atoms with van der Waals surface area (Å²) in [5.41, 5.74) is -0.398. The molecular formula is C12H13F2N3O2. The molecule has 0 spiro atoms. The standard InChI is InChI=1S/C12H13F2N3O2/c1-16-5-2-6-17(7-9(16)18)12(19)8-3-4-15-11(14)10(8)13/h3-4H,2,5-7H2,1H3. The second-order valence-electron chi connectivity index (χ2n) is 4.36. The first-order valence-corrected chi connectivity index (χ1v) is 5.84. The molecule has 1 aliphatic rings. The predicted molar refractivity (Wildman–Crippen MR) is 62.3 cm³/mol. The molecule has 0 aromatic carbocycles. The van der Waals surface area contributed by atoms with Gasteiger partial charge in [0.05, 0.1) is 5.56 Å². The van der Waals surface area contributed by atoms with E-state index in [-0.39, 0.29) is 12.5 Å². The number of carbonyl (C=O) groups excluding carboxylic acids is 2. The molecule has 19 heavy (non-hydrogen) atoms. The van der Waals surface area contributed by atoms with Crippen molar-refractivity contribution in [2.75, 3.05) is 26.7 Å². The Labute approximate surface area is 108 Å². The molecular weight excluding hydrogens is 256 g/mol. The molecule has 1 fully saturated rings. The number of likely N-dealkylation sites (N-methyl/N-ethyl adjacent to an activating group) is 1. The summed E-state index contributed by atoms with van der Waals surface area (Å²) < 4.78 is 26.5. The summed E-state index contributed by atoms with van der Waals surface area (Å²) in [4.78, 5) is 29.6. The van der Waals surface area contributed by atoms with Crippen molar-refractivity contribution in [3.8, 4) is 0 Å². The van der Waals surface area contributed by atoms with Gasteiger partial charge in [-0.2, -0.15) is 4.39 Å². The number of hydrogen-bond acceptors (Lipinski definition) is 3. The van der Waals surface area contributed by atoms with Crippen molar-refractivity contribution in [3.05, 3.63) is 29.6 Å². The smallest absolute Gasteiger partial charge is 0.257 e. The van der Waals surface area contributed by atoms with Crippen LogP contribution in [-0.2, 0) is 4.79 Å². The fourth-order valence-electron chi connectivity index (χ4n) is 1.91. The van der Waals surface area contributed by atoms with Crippen molar-refractivity contribution >= 4 is 11.8 Å². The summed E-state index contributed by atoms with van der Waals surface area (Å²) in [5, 5.41) is 0. The number of halogens is 2. The summed E-state index contributed by atoms with van der Waals surface area (Å²) >= 11 is 0. The molecule has 0 radical (unpaired) electrons. The summed E-state index contributed by atoms with van der Waals surface area (Å²) in [7, 11) is 1.64. The minimum absolute atomic E-state index is 0.126. The molecule has 0 atom stereocenters. The highest BCUT2D eigenvalue weighted by Gasteiger charge is 2.26. The van der Waals surface area contributed by atoms with E-state index in [1.807, 2.05) is 0 Å². The number of aromatic nitrogens is 1. The molecule has 0 aliphatic carbocycles. The van der Waals surface area contributed by atoms with E-state index in [0.717, 1.165) is 12.3 Å². The maximum Gasteiger partial charge on any atom is 0.257 e. The molecule has 102 valence electrons. The highest BCUT2D eigenvalue weighted by atomic mass is 19.2. The zero-order chi connectivity index (χ0) is 14.0. The lowest BCUT2D eigenvalue weighted by Gasteiger charge is -2.19. The SMILES string of the molecule is CN1CCCN(C(=O)c2ccnc(F)c2F)CC1=O. The predicted octanol–water partition coefficient (Wildman–Crippen LogP) is 0.664. The molecule has 0 bridgehead atoms. The van der Waals surface area contributed by atoms with E-state index in [1.165, 1.54) is 9.80 Å². The van der Waals surface area contributed by atoms with Crippen molar-refractivity contribution in [2.24, 2.45) is 0 Å². The van der Waals surface area contributed by atoms with Gasteiger partial charge < -0.3 is 9.80 Å². The average molecular weight is 269 g/mol. The van der Waals surface area contributed by atoms with Crippen LogP contribution >= 0.6 is 0 Å². The Morgan fingerprint density at radius 1 is 1.37 bits per heavy atom. The lowest BCUT2D eigenvalue weighted by Crippen LogP contribution is -2.38. The third-order valence-electron chi connectivity index (χ3n) is 3.04. The van der Waals surface area contributed by atoms with Crippen LogP contribution in [0.4, 0.5) is 8.78 Å². The van der Waals surface area contributed by atoms with E-state index in [0.29, 0.717) is 19.5 Å². The summed E-state index contributed by atoms with van der Waals surface area (Å²) in [6.45, 7) is 0.743. The van der Waals surface area contributed by atoms with Crippen molar-refractivity contribution in [2.45, 2.75) is 6.42 Å². The first-order chi connectivity index (χ1) is 9.00. The largest absolute Gasteiger partial charge is 0.344 e. The van der Waals surface area contributed by atoms with Gasteiger partial charge in [0.1, 0.15) is 6.54 Å². The maximum absolute atomic E-state index is 13.5. The molecule has 0 unspecified atom stereocenters. The Balaban J connectivity index is 2.24. The third kappa shape index (κ3) is 2.69. The Bertz CT molecular complexity index is 522. The molecule has 1 saturated heterocycles. The minimum atomic E-state index is -1.32. The van der Waals surface area contributed by atoms with Crippen molar-refractivity contribution in [1.82, 2.24) is 14.8 Å². The van der Waals surface area contributed by atoms with Crippen LogP contribution in [-0.4, -0.2) is 53.3 Å². The number of rotatable bonds is 1. The number of hydrogen-bond donors (Lipinski definition) is 0. The lowest BCUT2D eigenvalue weighted by atomic mass is 10.2. The first-order valence-electron chi connectivity index (χ1n) is 5.84. The molecule has 1 aromatic rings. The van der Waals surface area contributed by atoms with Gasteiger partial charge >= 0.3 is 0 Å². The fourth-order valence-corrected chi connectivity index (χ4v) is 1.91. The third-order valence-corrected chi connectivity index (χ3v) is 3.04. The highest BCUT2D eigenvalue weighted by Crippen LogP contribution is 2.13. The Morgan fingerprint density at radius 3 is 2.84 bits per heavy atom. The Morgan fingerprint density at radius 2 is 2.11 bits per heavy atom. The van der Waals surface area contributed by atoms with E-state index in [2.05, 4.69) is 4.98 Å². The molecule has 2 amide bonds. The van der Waals surface area contributed by atoms with E-state index >= 15 is 0 Å². The highest BCUT2D eigenvalue weighted by molar-refractivity contribution is 5.96. The van der Waals surface area contributed by atoms with Crippen molar-refractivity contribution in [3.63, 3.8) is 0 Å². The molecule has 0 N–H and O–H groups in total. The van der Waals surface area contributed by atoms with Gasteiger partial charge in [-0.05, 0) is 12.5 Å². The fraction of sp³-hybridized carbons (Fsp3) is 0.417. The first kappa shape index (κ1) is 13.4. The Kier molecular flexibility index (Phi) is 3.73. The number of amides is 2. The van der Waals surface area contributed by atoms with Crippen LogP contribution in [0.5, 0.6) is 0 Å². The molecule has 5 nitrogen and oxygen atoms in total. The van der Waals surface area contributed by atoms with Gasteiger partial charge in [0, 0.05) is 26.3 Å². The molecule has 7 heteroatoms. The molecule has 0 saturated carbocycles. The minimum Gasteiger partial charge on any atom is -0.344 e. The normalized spacial score (nSPS) is 16.5. The topological polar surface area (TPSA) is 53.5 Å². The van der Waals surface area contributed by atoms with E-state index < -0.39 is 23.2 Å². The molecule has 2 heterocycles. The van der Waals surface area contributed by atoms with Crippen LogP contribution < -0.4 is 0 Å². The van der Waals surface area contributed by atoms with Crippen LogP contribution in [0.15, 0.2) is 12.3 Å². The number of nitrogens with zero attached hydrogens (tertiary/aromatic N) is 3. The average Bonchev–Trinajstić information content (AvgIpc) is 2.55. The van der Waals surface area contributed by atoms with E-state index in [1.54, 1.807) is 7.05 Å². The quantitative estimate of drug-likeness (QED) is 0.704. The maximum atomic E-state index is 13.5. The van der Waals surface area contributed by atoms with Gasteiger partial charge in [0.25, 0.3) is 5.91 Å². The van der Waals surface area contributed by atoms with Gasteiger partial charge in [-0.1, -0.05) is 0 Å². The second-order valence-corrected chi connectivity index (χ2v) is 4.36. The second kappa shape index (κ2) is 5.29. The number of pyridine rings is 1. The van der Waals surface area contributed by atoms with Crippen molar-refractivity contribution < 1.29 is 18.4 Å².